The quantitative estimate of drug-likeness (QED) is 0.870. The Morgan fingerprint density at radius 3 is 2.57 bits per heavy atom. The van der Waals surface area contributed by atoms with Crippen LogP contribution >= 0.6 is 0 Å². The molecule has 1 aromatic rings. The molecular weight excluding hydrogens is 293 g/mol. The van der Waals surface area contributed by atoms with Crippen molar-refractivity contribution in [2.75, 3.05) is 31.4 Å². The minimum absolute atomic E-state index is 0.342. The number of anilines is 1. The molecule has 1 saturated heterocycles. The van der Waals surface area contributed by atoms with Crippen molar-refractivity contribution in [2.24, 2.45) is 5.92 Å². The van der Waals surface area contributed by atoms with Crippen molar-refractivity contribution in [3.63, 3.8) is 0 Å². The zero-order valence-corrected chi connectivity index (χ0v) is 13.2. The summed E-state index contributed by atoms with van der Waals surface area (Å²) in [5, 5.41) is 3.12. The molecule has 21 heavy (non-hydrogen) atoms. The molecule has 1 fully saturated rings. The summed E-state index contributed by atoms with van der Waals surface area (Å²) < 4.78 is 41.8. The predicted molar refractivity (Wildman–Crippen MR) is 81.9 cm³/mol. The number of hydrogen-bond donors (Lipinski definition) is 2. The lowest BCUT2D eigenvalue weighted by Gasteiger charge is -2.31. The van der Waals surface area contributed by atoms with Gasteiger partial charge in [-0.1, -0.05) is 0 Å². The van der Waals surface area contributed by atoms with Crippen LogP contribution in [-0.2, 0) is 10.2 Å². The first kappa shape index (κ1) is 16.2. The summed E-state index contributed by atoms with van der Waals surface area (Å²) in [5.74, 6) is 0.181. The predicted octanol–water partition coefficient (Wildman–Crippen LogP) is 1.72. The van der Waals surface area contributed by atoms with Crippen LogP contribution in [0.15, 0.2) is 18.2 Å². The standard InChI is InChI=1S/C14H22FN3O2S/c1-11-9-13(3-4-14(11)15)17-21(19,20)18-7-5-12(6-8-18)10-16-2/h3-4,9,12,16-17H,5-8,10H2,1-2H3. The summed E-state index contributed by atoms with van der Waals surface area (Å²) in [5.41, 5.74) is 0.814. The minimum Gasteiger partial charge on any atom is -0.319 e. The molecule has 2 rings (SSSR count). The van der Waals surface area contributed by atoms with Gasteiger partial charge in [-0.3, -0.25) is 4.72 Å². The van der Waals surface area contributed by atoms with Gasteiger partial charge >= 0.3 is 10.2 Å². The third-order valence-electron chi connectivity index (χ3n) is 3.81. The molecule has 2 N–H and O–H groups in total. The van der Waals surface area contributed by atoms with Crippen LogP contribution in [0.5, 0.6) is 0 Å². The molecule has 0 aliphatic carbocycles. The van der Waals surface area contributed by atoms with Gasteiger partial charge in [0.25, 0.3) is 0 Å². The second-order valence-corrected chi connectivity index (χ2v) is 7.14. The van der Waals surface area contributed by atoms with E-state index in [9.17, 15) is 12.8 Å². The van der Waals surface area contributed by atoms with Gasteiger partial charge in [0.1, 0.15) is 5.82 Å². The summed E-state index contributed by atoms with van der Waals surface area (Å²) in [4.78, 5) is 0. The molecule has 118 valence electrons. The topological polar surface area (TPSA) is 61.4 Å². The first-order chi connectivity index (χ1) is 9.92. The molecule has 7 heteroatoms. The van der Waals surface area contributed by atoms with Gasteiger partial charge in [-0.2, -0.15) is 12.7 Å². The molecule has 0 unspecified atom stereocenters. The van der Waals surface area contributed by atoms with Crippen LogP contribution in [0.1, 0.15) is 18.4 Å². The van der Waals surface area contributed by atoms with Crippen molar-refractivity contribution in [1.29, 1.82) is 0 Å². The van der Waals surface area contributed by atoms with E-state index < -0.39 is 10.2 Å². The number of aryl methyl sites for hydroxylation is 1. The number of nitrogens with one attached hydrogen (secondary N) is 2. The molecule has 0 radical (unpaired) electrons. The first-order valence-corrected chi connectivity index (χ1v) is 8.55. The van der Waals surface area contributed by atoms with Crippen molar-refractivity contribution in [3.8, 4) is 0 Å². The molecule has 0 spiro atoms. The number of rotatable bonds is 5. The van der Waals surface area contributed by atoms with E-state index in [4.69, 9.17) is 0 Å². The zero-order chi connectivity index (χ0) is 15.5. The summed E-state index contributed by atoms with van der Waals surface area (Å²) in [6.07, 6.45) is 1.70. The van der Waals surface area contributed by atoms with Crippen LogP contribution in [0, 0.1) is 18.7 Å². The van der Waals surface area contributed by atoms with Crippen LogP contribution < -0.4 is 10.0 Å². The van der Waals surface area contributed by atoms with Gasteiger partial charge in [0, 0.05) is 13.1 Å². The zero-order valence-electron chi connectivity index (χ0n) is 12.4. The van der Waals surface area contributed by atoms with E-state index in [-0.39, 0.29) is 5.82 Å². The number of hydrogen-bond acceptors (Lipinski definition) is 3. The van der Waals surface area contributed by atoms with E-state index in [1.807, 2.05) is 7.05 Å². The van der Waals surface area contributed by atoms with Crippen molar-refractivity contribution in [1.82, 2.24) is 9.62 Å². The first-order valence-electron chi connectivity index (χ1n) is 7.11. The highest BCUT2D eigenvalue weighted by Crippen LogP contribution is 2.21. The Morgan fingerprint density at radius 1 is 1.33 bits per heavy atom. The van der Waals surface area contributed by atoms with Crippen LogP contribution in [-0.4, -0.2) is 39.4 Å². The molecule has 0 atom stereocenters. The number of piperidine rings is 1. The third kappa shape index (κ3) is 4.15. The lowest BCUT2D eigenvalue weighted by molar-refractivity contribution is 0.272. The molecule has 1 heterocycles. The van der Waals surface area contributed by atoms with E-state index in [2.05, 4.69) is 10.0 Å². The monoisotopic (exact) mass is 315 g/mol. The number of benzene rings is 1. The molecule has 0 amide bonds. The van der Waals surface area contributed by atoms with Gasteiger partial charge in [-0.05, 0) is 63.0 Å². The lowest BCUT2D eigenvalue weighted by atomic mass is 9.98. The van der Waals surface area contributed by atoms with Gasteiger partial charge in [0.2, 0.25) is 0 Å². The maximum Gasteiger partial charge on any atom is 0.301 e. The van der Waals surface area contributed by atoms with Crippen molar-refractivity contribution >= 4 is 15.9 Å². The Morgan fingerprint density at radius 2 is 2.00 bits per heavy atom. The van der Waals surface area contributed by atoms with Gasteiger partial charge in [-0.25, -0.2) is 4.39 Å². The van der Waals surface area contributed by atoms with Crippen LogP contribution in [0.2, 0.25) is 0 Å². The van der Waals surface area contributed by atoms with Crippen LogP contribution in [0.4, 0.5) is 10.1 Å². The van der Waals surface area contributed by atoms with Crippen molar-refractivity contribution < 1.29 is 12.8 Å². The van der Waals surface area contributed by atoms with E-state index in [1.54, 1.807) is 6.92 Å². The molecule has 1 aromatic carbocycles. The second kappa shape index (κ2) is 6.72. The second-order valence-electron chi connectivity index (χ2n) is 5.47. The van der Waals surface area contributed by atoms with Gasteiger partial charge in [-0.15, -0.1) is 0 Å². The highest BCUT2D eigenvalue weighted by atomic mass is 32.2. The molecule has 1 aliphatic heterocycles. The maximum atomic E-state index is 13.2. The third-order valence-corrected chi connectivity index (χ3v) is 5.35. The largest absolute Gasteiger partial charge is 0.319 e. The average Bonchev–Trinajstić information content (AvgIpc) is 2.44. The van der Waals surface area contributed by atoms with E-state index in [0.29, 0.717) is 30.3 Å². The lowest BCUT2D eigenvalue weighted by Crippen LogP contribution is -2.43. The van der Waals surface area contributed by atoms with Gasteiger partial charge < -0.3 is 5.32 Å². The van der Waals surface area contributed by atoms with E-state index >= 15 is 0 Å². The molecule has 0 aromatic heterocycles. The fourth-order valence-electron chi connectivity index (χ4n) is 2.56. The Hall–Kier alpha value is -1.18. The Balaban J connectivity index is 2.00. The molecule has 1 aliphatic rings. The molecule has 0 saturated carbocycles. The highest BCUT2D eigenvalue weighted by molar-refractivity contribution is 7.90. The summed E-state index contributed by atoms with van der Waals surface area (Å²) in [6.45, 7) is 3.55. The van der Waals surface area contributed by atoms with Crippen LogP contribution in [0.25, 0.3) is 0 Å². The number of nitrogens with zero attached hydrogens (tertiary/aromatic N) is 1. The fourth-order valence-corrected chi connectivity index (χ4v) is 3.81. The SMILES string of the molecule is CNCC1CCN(S(=O)(=O)Nc2ccc(F)c(C)c2)CC1. The van der Waals surface area contributed by atoms with E-state index in [1.165, 1.54) is 22.5 Å². The van der Waals surface area contributed by atoms with Crippen molar-refractivity contribution in [3.05, 3.63) is 29.6 Å². The van der Waals surface area contributed by atoms with Crippen molar-refractivity contribution in [2.45, 2.75) is 19.8 Å². The Kier molecular flexibility index (Phi) is 5.18. The smallest absolute Gasteiger partial charge is 0.301 e. The normalized spacial score (nSPS) is 17.9. The summed E-state index contributed by atoms with van der Waals surface area (Å²) >= 11 is 0. The highest BCUT2D eigenvalue weighted by Gasteiger charge is 2.27. The average molecular weight is 315 g/mol. The molecule has 5 nitrogen and oxygen atoms in total. The van der Waals surface area contributed by atoms with E-state index in [0.717, 1.165) is 19.4 Å². The summed E-state index contributed by atoms with van der Waals surface area (Å²) in [7, 11) is -1.66. The summed E-state index contributed by atoms with van der Waals surface area (Å²) in [6, 6.07) is 4.21. The van der Waals surface area contributed by atoms with Crippen LogP contribution in [0.3, 0.4) is 0 Å². The molecular formula is C14H22FN3O2S. The Bertz CT molecular complexity index is 584. The number of halogens is 1. The minimum atomic E-state index is -3.56. The fraction of sp³-hybridized carbons (Fsp3) is 0.571. The maximum absolute atomic E-state index is 13.2. The Labute approximate surface area is 125 Å². The van der Waals surface area contributed by atoms with Gasteiger partial charge in [0.15, 0.2) is 0 Å². The van der Waals surface area contributed by atoms with Gasteiger partial charge in [0.05, 0.1) is 5.69 Å². The molecule has 0 bridgehead atoms.